The summed E-state index contributed by atoms with van der Waals surface area (Å²) >= 11 is 12.5. The maximum atomic E-state index is 12.6. The summed E-state index contributed by atoms with van der Waals surface area (Å²) in [4.78, 5) is 12.6. The van der Waals surface area contributed by atoms with E-state index in [1.54, 1.807) is 22.9 Å². The lowest BCUT2D eigenvalue weighted by Gasteiger charge is -2.28. The molecule has 8 nitrogen and oxygen atoms in total. The molecule has 0 spiro atoms. The Hall–Kier alpha value is -3.23. The van der Waals surface area contributed by atoms with Crippen LogP contribution in [-0.4, -0.2) is 30.4 Å². The smallest absolute Gasteiger partial charge is 0.288 e. The summed E-state index contributed by atoms with van der Waals surface area (Å²) in [5, 5.41) is 22.8. The molecule has 2 aromatic carbocycles. The fourth-order valence-electron chi connectivity index (χ4n) is 3.35. The first kappa shape index (κ1) is 16.9. The standard InChI is InChI=1S/C18H11Cl2N7O/c19-10-7-5-9(6-8-10)14-13-15(17(28)23-22-14)21-18-24-25-26-27(18)16(13)11-3-1-2-4-12(11)20/h1-8,16H,(H,23,28)(H,21,24,26)/t16-/m1/s1. The van der Waals surface area contributed by atoms with Crippen LogP contribution < -0.4 is 10.9 Å². The van der Waals surface area contributed by atoms with E-state index < -0.39 is 6.04 Å². The number of nitrogens with one attached hydrogen (secondary N) is 2. The number of fused-ring (bicyclic) bond motifs is 2. The Kier molecular flexibility index (Phi) is 3.88. The van der Waals surface area contributed by atoms with Gasteiger partial charge in [-0.25, -0.2) is 5.10 Å². The predicted molar refractivity (Wildman–Crippen MR) is 105 cm³/mol. The number of benzene rings is 2. The molecule has 0 aliphatic carbocycles. The summed E-state index contributed by atoms with van der Waals surface area (Å²) in [6.07, 6.45) is 0. The van der Waals surface area contributed by atoms with Crippen LogP contribution in [0.5, 0.6) is 0 Å². The fraction of sp³-hybridized carbons (Fsp3) is 0.0556. The van der Waals surface area contributed by atoms with Gasteiger partial charge in [-0.1, -0.05) is 58.6 Å². The second-order valence-electron chi connectivity index (χ2n) is 6.19. The number of halogens is 2. The Morgan fingerprint density at radius 1 is 1.04 bits per heavy atom. The van der Waals surface area contributed by atoms with Crippen molar-refractivity contribution < 1.29 is 0 Å². The van der Waals surface area contributed by atoms with E-state index in [1.807, 2.05) is 30.3 Å². The van der Waals surface area contributed by atoms with Crippen molar-refractivity contribution in [1.29, 1.82) is 0 Å². The molecule has 2 aromatic heterocycles. The lowest BCUT2D eigenvalue weighted by atomic mass is 9.92. The van der Waals surface area contributed by atoms with Gasteiger partial charge in [-0.05, 0) is 28.6 Å². The van der Waals surface area contributed by atoms with E-state index in [9.17, 15) is 4.79 Å². The molecule has 0 unspecified atom stereocenters. The van der Waals surface area contributed by atoms with Crippen molar-refractivity contribution in [3.63, 3.8) is 0 Å². The number of aromatic amines is 1. The van der Waals surface area contributed by atoms with Crippen LogP contribution in [-0.2, 0) is 0 Å². The molecule has 0 saturated heterocycles. The van der Waals surface area contributed by atoms with Crippen molar-refractivity contribution in [1.82, 2.24) is 30.4 Å². The molecule has 4 aromatic rings. The number of hydrogen-bond donors (Lipinski definition) is 2. The van der Waals surface area contributed by atoms with Crippen molar-refractivity contribution in [2.45, 2.75) is 6.04 Å². The maximum Gasteiger partial charge on any atom is 0.288 e. The summed E-state index contributed by atoms with van der Waals surface area (Å²) in [5.74, 6) is 0.344. The molecule has 0 fully saturated rings. The molecule has 0 bridgehead atoms. The minimum absolute atomic E-state index is 0.326. The van der Waals surface area contributed by atoms with Crippen LogP contribution in [0.3, 0.4) is 0 Å². The van der Waals surface area contributed by atoms with Gasteiger partial charge in [-0.2, -0.15) is 9.78 Å². The highest BCUT2D eigenvalue weighted by Crippen LogP contribution is 2.42. The fourth-order valence-corrected chi connectivity index (χ4v) is 3.71. The van der Waals surface area contributed by atoms with Gasteiger partial charge in [0.1, 0.15) is 11.7 Å². The highest BCUT2D eigenvalue weighted by molar-refractivity contribution is 6.31. The average molecular weight is 412 g/mol. The molecule has 2 N–H and O–H groups in total. The Balaban J connectivity index is 1.84. The number of H-pyrrole nitrogens is 1. The van der Waals surface area contributed by atoms with Gasteiger partial charge in [0.25, 0.3) is 5.56 Å². The van der Waals surface area contributed by atoms with E-state index in [4.69, 9.17) is 23.2 Å². The maximum absolute atomic E-state index is 12.6. The van der Waals surface area contributed by atoms with Crippen molar-refractivity contribution in [3.8, 4) is 11.3 Å². The molecule has 1 aliphatic heterocycles. The normalized spacial score (nSPS) is 14.9. The van der Waals surface area contributed by atoms with Crippen molar-refractivity contribution in [2.75, 3.05) is 5.32 Å². The Morgan fingerprint density at radius 2 is 1.82 bits per heavy atom. The van der Waals surface area contributed by atoms with Crippen LogP contribution in [0.25, 0.3) is 11.3 Å². The SMILES string of the molecule is O=c1[nH]nc(-c2ccc(Cl)cc2)c2c1Nc1nnnn1[C@@H]2c1ccccc1Cl. The van der Waals surface area contributed by atoms with Crippen LogP contribution >= 0.6 is 23.2 Å². The van der Waals surface area contributed by atoms with E-state index in [0.717, 1.165) is 11.1 Å². The van der Waals surface area contributed by atoms with Gasteiger partial charge in [0.2, 0.25) is 5.95 Å². The van der Waals surface area contributed by atoms with Gasteiger partial charge < -0.3 is 5.32 Å². The molecule has 28 heavy (non-hydrogen) atoms. The first-order chi connectivity index (χ1) is 13.6. The molecule has 1 aliphatic rings. The summed E-state index contributed by atoms with van der Waals surface area (Å²) in [6.45, 7) is 0. The van der Waals surface area contributed by atoms with Gasteiger partial charge in [-0.3, -0.25) is 4.79 Å². The molecular formula is C18H11Cl2N7O. The van der Waals surface area contributed by atoms with Gasteiger partial charge >= 0.3 is 0 Å². The third kappa shape index (κ3) is 2.57. The van der Waals surface area contributed by atoms with Crippen molar-refractivity contribution >= 4 is 34.8 Å². The van der Waals surface area contributed by atoms with E-state index in [-0.39, 0.29) is 5.56 Å². The van der Waals surface area contributed by atoms with Crippen LogP contribution in [0.2, 0.25) is 10.0 Å². The van der Waals surface area contributed by atoms with E-state index in [2.05, 4.69) is 31.0 Å². The highest BCUT2D eigenvalue weighted by atomic mass is 35.5. The quantitative estimate of drug-likeness (QED) is 0.461. The van der Waals surface area contributed by atoms with Crippen LogP contribution in [0.15, 0.2) is 53.3 Å². The average Bonchev–Trinajstić information content (AvgIpc) is 3.17. The number of aromatic nitrogens is 6. The van der Waals surface area contributed by atoms with Gasteiger partial charge in [0.15, 0.2) is 0 Å². The zero-order valence-corrected chi connectivity index (χ0v) is 15.6. The predicted octanol–water partition coefficient (Wildman–Crippen LogP) is 3.42. The van der Waals surface area contributed by atoms with E-state index in [1.165, 1.54) is 0 Å². The van der Waals surface area contributed by atoms with Gasteiger partial charge in [0.05, 0.1) is 5.69 Å². The molecular weight excluding hydrogens is 401 g/mol. The summed E-state index contributed by atoms with van der Waals surface area (Å²) < 4.78 is 1.59. The zero-order valence-electron chi connectivity index (χ0n) is 14.1. The van der Waals surface area contributed by atoms with Crippen LogP contribution in [0, 0.1) is 0 Å². The molecule has 10 heteroatoms. The summed E-state index contributed by atoms with van der Waals surface area (Å²) in [5.41, 5.74) is 2.69. The van der Waals surface area contributed by atoms with Crippen molar-refractivity contribution in [3.05, 3.63) is 80.1 Å². The second kappa shape index (κ2) is 6.43. The number of anilines is 2. The largest absolute Gasteiger partial charge is 0.318 e. The number of tetrazole rings is 1. The first-order valence-corrected chi connectivity index (χ1v) is 9.07. The van der Waals surface area contributed by atoms with Gasteiger partial charge in [0, 0.05) is 26.7 Å². The molecule has 0 radical (unpaired) electrons. The van der Waals surface area contributed by atoms with E-state index >= 15 is 0 Å². The summed E-state index contributed by atoms with van der Waals surface area (Å²) in [7, 11) is 0. The minimum Gasteiger partial charge on any atom is -0.318 e. The lowest BCUT2D eigenvalue weighted by Crippen LogP contribution is -2.29. The Labute approximate surface area is 168 Å². The first-order valence-electron chi connectivity index (χ1n) is 8.31. The Bertz CT molecular complexity index is 1250. The summed E-state index contributed by atoms with van der Waals surface area (Å²) in [6, 6.07) is 14.0. The minimum atomic E-state index is -0.532. The van der Waals surface area contributed by atoms with Gasteiger partial charge in [-0.15, -0.1) is 0 Å². The molecule has 0 amide bonds. The highest BCUT2D eigenvalue weighted by Gasteiger charge is 2.35. The molecule has 138 valence electrons. The molecule has 5 rings (SSSR count). The monoisotopic (exact) mass is 411 g/mol. The molecule has 1 atom stereocenters. The lowest BCUT2D eigenvalue weighted by molar-refractivity contribution is 0.567. The zero-order chi connectivity index (χ0) is 19.3. The topological polar surface area (TPSA) is 101 Å². The third-order valence-electron chi connectivity index (χ3n) is 4.59. The third-order valence-corrected chi connectivity index (χ3v) is 5.18. The second-order valence-corrected chi connectivity index (χ2v) is 7.04. The molecule has 3 heterocycles. The van der Waals surface area contributed by atoms with Crippen LogP contribution in [0.1, 0.15) is 17.2 Å². The number of nitrogens with zero attached hydrogens (tertiary/aromatic N) is 5. The van der Waals surface area contributed by atoms with Crippen LogP contribution in [0.4, 0.5) is 11.6 Å². The number of hydrogen-bond acceptors (Lipinski definition) is 6. The Morgan fingerprint density at radius 3 is 2.61 bits per heavy atom. The van der Waals surface area contributed by atoms with Crippen molar-refractivity contribution in [2.24, 2.45) is 0 Å². The van der Waals surface area contributed by atoms with E-state index in [0.29, 0.717) is 32.9 Å². The molecule has 0 saturated carbocycles. The number of rotatable bonds is 2.